The maximum atomic E-state index is 12.3. The highest BCUT2D eigenvalue weighted by atomic mass is 127. The van der Waals surface area contributed by atoms with Gasteiger partial charge in [0.05, 0.1) is 5.56 Å². The molecule has 0 spiro atoms. The first-order chi connectivity index (χ1) is 8.58. The Labute approximate surface area is 129 Å². The van der Waals surface area contributed by atoms with Crippen molar-refractivity contribution >= 4 is 44.4 Å². The molecule has 1 amide bonds. The summed E-state index contributed by atoms with van der Waals surface area (Å²) in [6, 6.07) is 6.33. The molecule has 0 saturated carbocycles. The summed E-state index contributed by atoms with van der Waals surface area (Å²) in [7, 11) is 0. The van der Waals surface area contributed by atoms with Crippen LogP contribution in [0.15, 0.2) is 22.7 Å². The normalized spacial score (nSPS) is 23.7. The number of carbonyl (C=O) groups is 1. The van der Waals surface area contributed by atoms with Crippen molar-refractivity contribution in [1.82, 2.24) is 10.6 Å². The molecule has 1 aliphatic rings. The van der Waals surface area contributed by atoms with Crippen molar-refractivity contribution in [3.8, 4) is 0 Å². The van der Waals surface area contributed by atoms with Crippen LogP contribution in [0.2, 0.25) is 0 Å². The topological polar surface area (TPSA) is 41.1 Å². The summed E-state index contributed by atoms with van der Waals surface area (Å²) in [5.74, 6) is 0.0150. The molecule has 1 aromatic rings. The predicted octanol–water partition coefficient (Wildman–Crippen LogP) is 2.92. The lowest BCUT2D eigenvalue weighted by Crippen LogP contribution is -2.52. The molecule has 1 heterocycles. The number of hydrogen-bond acceptors (Lipinski definition) is 2. The van der Waals surface area contributed by atoms with Gasteiger partial charge in [-0.1, -0.05) is 15.9 Å². The van der Waals surface area contributed by atoms with Gasteiger partial charge in [-0.2, -0.15) is 0 Å². The maximum Gasteiger partial charge on any atom is 0.252 e. The number of nitrogens with one attached hydrogen (secondary N) is 2. The van der Waals surface area contributed by atoms with E-state index in [4.69, 9.17) is 0 Å². The number of carbonyl (C=O) groups excluding carboxylic acids is 1. The lowest BCUT2D eigenvalue weighted by Gasteiger charge is -2.30. The second-order valence-electron chi connectivity index (χ2n) is 4.59. The fourth-order valence-corrected chi connectivity index (χ4v) is 3.10. The summed E-state index contributed by atoms with van der Waals surface area (Å²) >= 11 is 5.60. The summed E-state index contributed by atoms with van der Waals surface area (Å²) in [4.78, 5) is 12.3. The van der Waals surface area contributed by atoms with Crippen LogP contribution in [0.5, 0.6) is 0 Å². The highest BCUT2D eigenvalue weighted by Gasteiger charge is 2.23. The number of hydrogen-bond donors (Lipinski definition) is 2. The molecule has 1 aliphatic heterocycles. The van der Waals surface area contributed by atoms with Gasteiger partial charge in [0, 0.05) is 20.1 Å². The van der Waals surface area contributed by atoms with Crippen molar-refractivity contribution in [3.63, 3.8) is 0 Å². The first kappa shape index (κ1) is 14.3. The Bertz CT molecular complexity index is 453. The van der Waals surface area contributed by atoms with Gasteiger partial charge >= 0.3 is 0 Å². The van der Waals surface area contributed by atoms with Crippen molar-refractivity contribution in [2.24, 2.45) is 0 Å². The van der Waals surface area contributed by atoms with E-state index in [1.54, 1.807) is 0 Å². The van der Waals surface area contributed by atoms with E-state index in [0.717, 1.165) is 33.0 Å². The molecule has 2 N–H and O–H groups in total. The largest absolute Gasteiger partial charge is 0.348 e. The monoisotopic (exact) mass is 422 g/mol. The van der Waals surface area contributed by atoms with Gasteiger partial charge < -0.3 is 10.6 Å². The van der Waals surface area contributed by atoms with Gasteiger partial charge in [-0.15, -0.1) is 0 Å². The van der Waals surface area contributed by atoms with Gasteiger partial charge in [0.25, 0.3) is 5.91 Å². The molecule has 1 saturated heterocycles. The van der Waals surface area contributed by atoms with E-state index >= 15 is 0 Å². The van der Waals surface area contributed by atoms with Gasteiger partial charge in [0.15, 0.2) is 0 Å². The van der Waals surface area contributed by atoms with Crippen molar-refractivity contribution < 1.29 is 4.79 Å². The van der Waals surface area contributed by atoms with Crippen molar-refractivity contribution in [2.75, 3.05) is 6.54 Å². The van der Waals surface area contributed by atoms with Crippen molar-refractivity contribution in [1.29, 1.82) is 0 Å². The van der Waals surface area contributed by atoms with Crippen molar-refractivity contribution in [2.45, 2.75) is 31.8 Å². The SMILES string of the molecule is CC1NCCCC1NC(=O)c1cc(Br)ccc1I. The number of amides is 1. The van der Waals surface area contributed by atoms with Crippen LogP contribution in [0.1, 0.15) is 30.1 Å². The fraction of sp³-hybridized carbons (Fsp3) is 0.462. The molecule has 5 heteroatoms. The molecule has 1 fully saturated rings. The summed E-state index contributed by atoms with van der Waals surface area (Å²) in [6.45, 7) is 3.16. The van der Waals surface area contributed by atoms with Crippen LogP contribution in [0.25, 0.3) is 0 Å². The Morgan fingerprint density at radius 2 is 2.33 bits per heavy atom. The third kappa shape index (κ3) is 3.45. The van der Waals surface area contributed by atoms with Crippen LogP contribution in [0.3, 0.4) is 0 Å². The zero-order chi connectivity index (χ0) is 13.1. The second kappa shape index (κ2) is 6.34. The standard InChI is InChI=1S/C13H16BrIN2O/c1-8-12(3-2-6-16-8)17-13(18)10-7-9(14)4-5-11(10)15/h4-5,7-8,12,16H,2-3,6H2,1H3,(H,17,18). The number of benzene rings is 1. The lowest BCUT2D eigenvalue weighted by atomic mass is 9.99. The molecule has 1 aromatic carbocycles. The summed E-state index contributed by atoms with van der Waals surface area (Å²) in [5.41, 5.74) is 0.739. The Balaban J connectivity index is 2.09. The van der Waals surface area contributed by atoms with E-state index in [2.05, 4.69) is 56.1 Å². The fourth-order valence-electron chi connectivity index (χ4n) is 2.16. The molecule has 0 bridgehead atoms. The van der Waals surface area contributed by atoms with Crippen LogP contribution in [0, 0.1) is 3.57 Å². The van der Waals surface area contributed by atoms with Crippen LogP contribution in [0.4, 0.5) is 0 Å². The molecular weight excluding hydrogens is 407 g/mol. The zero-order valence-electron chi connectivity index (χ0n) is 10.2. The van der Waals surface area contributed by atoms with E-state index in [1.807, 2.05) is 18.2 Å². The Hall–Kier alpha value is -0.140. The third-order valence-electron chi connectivity index (χ3n) is 3.25. The predicted molar refractivity (Wildman–Crippen MR) is 84.8 cm³/mol. The Morgan fingerprint density at radius 3 is 3.06 bits per heavy atom. The molecule has 0 radical (unpaired) electrons. The first-order valence-corrected chi connectivity index (χ1v) is 7.94. The third-order valence-corrected chi connectivity index (χ3v) is 4.69. The van der Waals surface area contributed by atoms with Gasteiger partial charge in [0.2, 0.25) is 0 Å². The van der Waals surface area contributed by atoms with Gasteiger partial charge in [-0.25, -0.2) is 0 Å². The minimum Gasteiger partial charge on any atom is -0.348 e. The van der Waals surface area contributed by atoms with E-state index in [-0.39, 0.29) is 11.9 Å². The second-order valence-corrected chi connectivity index (χ2v) is 6.67. The zero-order valence-corrected chi connectivity index (χ0v) is 13.9. The van der Waals surface area contributed by atoms with Gasteiger partial charge in [0.1, 0.15) is 0 Å². The minimum atomic E-state index is 0.0150. The van der Waals surface area contributed by atoms with E-state index in [1.165, 1.54) is 0 Å². The molecule has 0 aliphatic carbocycles. The Kier molecular flexibility index (Phi) is 5.03. The average molecular weight is 423 g/mol. The molecule has 18 heavy (non-hydrogen) atoms. The number of halogens is 2. The maximum absolute atomic E-state index is 12.3. The number of rotatable bonds is 2. The van der Waals surface area contributed by atoms with Crippen LogP contribution >= 0.6 is 38.5 Å². The van der Waals surface area contributed by atoms with Crippen LogP contribution in [-0.2, 0) is 0 Å². The molecule has 98 valence electrons. The smallest absolute Gasteiger partial charge is 0.252 e. The average Bonchev–Trinajstić information content (AvgIpc) is 2.35. The number of piperidine rings is 1. The van der Waals surface area contributed by atoms with Crippen molar-refractivity contribution in [3.05, 3.63) is 31.8 Å². The summed E-state index contributed by atoms with van der Waals surface area (Å²) in [5, 5.41) is 6.51. The minimum absolute atomic E-state index is 0.0150. The quantitative estimate of drug-likeness (QED) is 0.719. The van der Waals surface area contributed by atoms with Crippen LogP contribution < -0.4 is 10.6 Å². The van der Waals surface area contributed by atoms with Gasteiger partial charge in [-0.3, -0.25) is 4.79 Å². The lowest BCUT2D eigenvalue weighted by molar-refractivity contribution is 0.0919. The molecule has 3 nitrogen and oxygen atoms in total. The highest BCUT2D eigenvalue weighted by molar-refractivity contribution is 14.1. The summed E-state index contributed by atoms with van der Waals surface area (Å²) in [6.07, 6.45) is 2.16. The molecule has 2 rings (SSSR count). The Morgan fingerprint density at radius 1 is 1.56 bits per heavy atom. The van der Waals surface area contributed by atoms with E-state index in [9.17, 15) is 4.79 Å². The summed E-state index contributed by atoms with van der Waals surface area (Å²) < 4.78 is 1.91. The van der Waals surface area contributed by atoms with E-state index in [0.29, 0.717) is 6.04 Å². The van der Waals surface area contributed by atoms with Crippen LogP contribution in [-0.4, -0.2) is 24.5 Å². The molecular formula is C13H16BrIN2O. The van der Waals surface area contributed by atoms with Gasteiger partial charge in [-0.05, 0) is 67.1 Å². The molecule has 2 unspecified atom stereocenters. The molecule has 0 aromatic heterocycles. The first-order valence-electron chi connectivity index (χ1n) is 6.07. The molecule has 2 atom stereocenters. The van der Waals surface area contributed by atoms with E-state index < -0.39 is 0 Å². The highest BCUT2D eigenvalue weighted by Crippen LogP contribution is 2.19.